The van der Waals surface area contributed by atoms with Crippen LogP contribution in [0.15, 0.2) is 47.3 Å². The van der Waals surface area contributed by atoms with Crippen LogP contribution < -0.4 is 4.90 Å². The Morgan fingerprint density at radius 2 is 2.05 bits per heavy atom. The largest absolute Gasteiger partial charge is 0.449 e. The van der Waals surface area contributed by atoms with Gasteiger partial charge in [-0.2, -0.15) is 9.49 Å². The summed E-state index contributed by atoms with van der Waals surface area (Å²) in [5.74, 6) is -2.45. The van der Waals surface area contributed by atoms with Gasteiger partial charge >= 0.3 is 6.09 Å². The van der Waals surface area contributed by atoms with Crippen LogP contribution >= 0.6 is 0 Å². The lowest BCUT2D eigenvalue weighted by atomic mass is 10.0. The molecule has 1 unspecified atom stereocenters. The summed E-state index contributed by atoms with van der Waals surface area (Å²) in [5.41, 5.74) is 1.00. The molecule has 1 aliphatic rings. The second-order valence-corrected chi connectivity index (χ2v) is 8.99. The van der Waals surface area contributed by atoms with E-state index in [1.165, 1.54) is 17.0 Å². The molecule has 9 nitrogen and oxygen atoms in total. The lowest BCUT2D eigenvalue weighted by molar-refractivity contribution is 0.101. The number of furan rings is 1. The number of hydrogen-bond donors (Lipinski definition) is 0. The van der Waals surface area contributed by atoms with Crippen LogP contribution in [-0.2, 0) is 16.5 Å². The zero-order valence-electron chi connectivity index (χ0n) is 20.9. The zero-order chi connectivity index (χ0) is 26.8. The second kappa shape index (κ2) is 10.7. The summed E-state index contributed by atoms with van der Waals surface area (Å²) in [4.78, 5) is 31.6. The molecular formula is C27H26F2N4O5. The smallest absolute Gasteiger partial charge is 0.414 e. The molecule has 1 atom stereocenters. The lowest BCUT2D eigenvalue weighted by Gasteiger charge is -2.23. The standard InChI is InChI=1S/C27H26F2N4O5/c1-3-36-27(35)33(9-8-19-5-4-10-37-19)23-20-11-17(18-14-31-32(2)15-18)12-21(28)25(20)38-26(23)24(34)16-6-7-22(29)30-13-16/h6-7,11-15,19H,3-5,8-10H2,1-2H3. The van der Waals surface area contributed by atoms with E-state index in [4.69, 9.17) is 13.9 Å². The number of benzene rings is 1. The summed E-state index contributed by atoms with van der Waals surface area (Å²) in [6.07, 6.45) is 5.82. The predicted octanol–water partition coefficient (Wildman–Crippen LogP) is 5.27. The molecule has 198 valence electrons. The predicted molar refractivity (Wildman–Crippen MR) is 134 cm³/mol. The zero-order valence-corrected chi connectivity index (χ0v) is 20.9. The van der Waals surface area contributed by atoms with Gasteiger partial charge in [-0.15, -0.1) is 0 Å². The molecule has 38 heavy (non-hydrogen) atoms. The Morgan fingerprint density at radius 1 is 1.21 bits per heavy atom. The van der Waals surface area contributed by atoms with E-state index < -0.39 is 23.6 Å². The quantitative estimate of drug-likeness (QED) is 0.229. The molecule has 1 aromatic carbocycles. The molecule has 1 aliphatic heterocycles. The number of pyridine rings is 1. The lowest BCUT2D eigenvalue weighted by Crippen LogP contribution is -2.35. The third-order valence-electron chi connectivity index (χ3n) is 6.41. The van der Waals surface area contributed by atoms with E-state index in [1.54, 1.807) is 37.1 Å². The number of anilines is 1. The number of ketones is 1. The minimum atomic E-state index is -0.761. The Labute approximate surface area is 216 Å². The van der Waals surface area contributed by atoms with Crippen LogP contribution in [0.2, 0.25) is 0 Å². The monoisotopic (exact) mass is 524 g/mol. The molecular weight excluding hydrogens is 498 g/mol. The minimum Gasteiger partial charge on any atom is -0.449 e. The molecule has 0 spiro atoms. The molecule has 11 heteroatoms. The van der Waals surface area contributed by atoms with Crippen LogP contribution in [0.4, 0.5) is 19.3 Å². The molecule has 0 radical (unpaired) electrons. The maximum atomic E-state index is 15.4. The summed E-state index contributed by atoms with van der Waals surface area (Å²) in [5, 5.41) is 4.36. The van der Waals surface area contributed by atoms with Crippen molar-refractivity contribution in [1.82, 2.24) is 14.8 Å². The van der Waals surface area contributed by atoms with Crippen LogP contribution in [0.3, 0.4) is 0 Å². The van der Waals surface area contributed by atoms with E-state index in [2.05, 4.69) is 10.1 Å². The van der Waals surface area contributed by atoms with E-state index >= 15 is 4.39 Å². The van der Waals surface area contributed by atoms with Crippen molar-refractivity contribution >= 4 is 28.5 Å². The van der Waals surface area contributed by atoms with Crippen molar-refractivity contribution in [2.75, 3.05) is 24.7 Å². The van der Waals surface area contributed by atoms with Crippen LogP contribution in [0.25, 0.3) is 22.1 Å². The number of amides is 1. The van der Waals surface area contributed by atoms with Gasteiger partial charge in [0.05, 0.1) is 18.9 Å². The van der Waals surface area contributed by atoms with Crippen molar-refractivity contribution in [2.24, 2.45) is 7.05 Å². The van der Waals surface area contributed by atoms with Gasteiger partial charge in [0, 0.05) is 49.1 Å². The van der Waals surface area contributed by atoms with Crippen molar-refractivity contribution < 1.29 is 32.3 Å². The van der Waals surface area contributed by atoms with Gasteiger partial charge in [0.25, 0.3) is 0 Å². The van der Waals surface area contributed by atoms with Gasteiger partial charge < -0.3 is 13.9 Å². The average molecular weight is 525 g/mol. The molecule has 0 N–H and O–H groups in total. The van der Waals surface area contributed by atoms with Crippen molar-refractivity contribution in [2.45, 2.75) is 32.3 Å². The molecule has 3 aromatic heterocycles. The van der Waals surface area contributed by atoms with Crippen molar-refractivity contribution in [3.05, 3.63) is 65.9 Å². The second-order valence-electron chi connectivity index (χ2n) is 8.99. The van der Waals surface area contributed by atoms with E-state index in [9.17, 15) is 14.0 Å². The number of ether oxygens (including phenoxy) is 2. The Kier molecular flexibility index (Phi) is 7.19. The fraction of sp³-hybridized carbons (Fsp3) is 0.333. The Hall–Kier alpha value is -4.12. The maximum Gasteiger partial charge on any atom is 0.414 e. The Balaban J connectivity index is 1.69. The minimum absolute atomic E-state index is 0.0162. The van der Waals surface area contributed by atoms with Crippen molar-refractivity contribution in [1.29, 1.82) is 0 Å². The summed E-state index contributed by atoms with van der Waals surface area (Å²) in [6, 6.07) is 5.21. The number of nitrogens with zero attached hydrogens (tertiary/aromatic N) is 4. The highest BCUT2D eigenvalue weighted by molar-refractivity contribution is 6.17. The number of aromatic nitrogens is 3. The first kappa shape index (κ1) is 25.5. The summed E-state index contributed by atoms with van der Waals surface area (Å²) < 4.78 is 47.3. The van der Waals surface area contributed by atoms with Gasteiger partial charge in [0.1, 0.15) is 5.69 Å². The topological polar surface area (TPSA) is 99.7 Å². The molecule has 4 aromatic rings. The molecule has 0 bridgehead atoms. The summed E-state index contributed by atoms with van der Waals surface area (Å²) in [6.45, 7) is 2.53. The van der Waals surface area contributed by atoms with Crippen LogP contribution in [0.1, 0.15) is 42.3 Å². The maximum absolute atomic E-state index is 15.4. The highest BCUT2D eigenvalue weighted by atomic mass is 19.1. The fourth-order valence-electron chi connectivity index (χ4n) is 4.59. The number of aryl methyl sites for hydroxylation is 1. The van der Waals surface area contributed by atoms with E-state index in [0.717, 1.165) is 25.1 Å². The van der Waals surface area contributed by atoms with Gasteiger partial charge in [0.15, 0.2) is 17.2 Å². The first-order valence-corrected chi connectivity index (χ1v) is 12.3. The van der Waals surface area contributed by atoms with Gasteiger partial charge in [-0.25, -0.2) is 14.2 Å². The van der Waals surface area contributed by atoms with Crippen molar-refractivity contribution in [3.8, 4) is 11.1 Å². The van der Waals surface area contributed by atoms with E-state index in [-0.39, 0.29) is 47.2 Å². The molecule has 1 saturated heterocycles. The Morgan fingerprint density at radius 3 is 2.71 bits per heavy atom. The number of halogens is 2. The molecule has 0 aliphatic carbocycles. The van der Waals surface area contributed by atoms with Crippen LogP contribution in [-0.4, -0.2) is 52.5 Å². The van der Waals surface area contributed by atoms with Gasteiger partial charge in [-0.1, -0.05) is 0 Å². The van der Waals surface area contributed by atoms with Gasteiger partial charge in [0.2, 0.25) is 11.7 Å². The highest BCUT2D eigenvalue weighted by Gasteiger charge is 2.32. The van der Waals surface area contributed by atoms with Crippen LogP contribution in [0, 0.1) is 11.8 Å². The summed E-state index contributed by atoms with van der Waals surface area (Å²) in [7, 11) is 1.74. The van der Waals surface area contributed by atoms with E-state index in [0.29, 0.717) is 24.2 Å². The number of carbonyl (C=O) groups is 2. The SMILES string of the molecule is CCOC(=O)N(CCC1CCCO1)c1c(C(=O)c2ccc(F)nc2)oc2c(F)cc(-c3cnn(C)c3)cc12. The number of hydrogen-bond acceptors (Lipinski definition) is 7. The average Bonchev–Trinajstić information content (AvgIpc) is 3.65. The highest BCUT2D eigenvalue weighted by Crippen LogP contribution is 2.40. The number of fused-ring (bicyclic) bond motifs is 1. The molecule has 0 saturated carbocycles. The fourth-order valence-corrected chi connectivity index (χ4v) is 4.59. The van der Waals surface area contributed by atoms with Gasteiger partial charge in [-0.05, 0) is 56.0 Å². The first-order chi connectivity index (χ1) is 18.4. The molecule has 1 fully saturated rings. The van der Waals surface area contributed by atoms with Gasteiger partial charge in [-0.3, -0.25) is 14.4 Å². The Bertz CT molecular complexity index is 1470. The third kappa shape index (κ3) is 5.01. The normalized spacial score (nSPS) is 15.2. The number of rotatable bonds is 8. The third-order valence-corrected chi connectivity index (χ3v) is 6.41. The molecule has 1 amide bonds. The molecule has 4 heterocycles. The molecule has 5 rings (SSSR count). The first-order valence-electron chi connectivity index (χ1n) is 12.3. The number of carbonyl (C=O) groups excluding carboxylic acids is 2. The summed E-state index contributed by atoms with van der Waals surface area (Å²) >= 11 is 0. The van der Waals surface area contributed by atoms with E-state index in [1.807, 2.05) is 0 Å². The van der Waals surface area contributed by atoms with Crippen LogP contribution in [0.5, 0.6) is 0 Å². The van der Waals surface area contributed by atoms with Crippen molar-refractivity contribution in [3.63, 3.8) is 0 Å².